The average molecular weight is 189 g/mol. The van der Waals surface area contributed by atoms with Gasteiger partial charge in [0, 0.05) is 11.2 Å². The summed E-state index contributed by atoms with van der Waals surface area (Å²) in [7, 11) is 0. The molecule has 0 spiro atoms. The van der Waals surface area contributed by atoms with Crippen LogP contribution in [0.15, 0.2) is 0 Å². The minimum atomic E-state index is -0.521. The van der Waals surface area contributed by atoms with E-state index in [2.05, 4.69) is 13.8 Å². The minimum Gasteiger partial charge on any atom is -0.389 e. The smallest absolute Gasteiger partial charge is 0.0726 e. The minimum absolute atomic E-state index is 0.0231. The molecule has 1 aliphatic rings. The summed E-state index contributed by atoms with van der Waals surface area (Å²) in [5.74, 6) is 2.11. The predicted molar refractivity (Wildman–Crippen MR) is 54.3 cm³/mol. The molecule has 2 nitrogen and oxygen atoms in total. The Kier molecular flexibility index (Phi) is 3.07. The predicted octanol–water partition coefficient (Wildman–Crippen LogP) is 1.23. The molecule has 1 heterocycles. The molecule has 0 saturated carbocycles. The highest BCUT2D eigenvalue weighted by atomic mass is 32.2. The van der Waals surface area contributed by atoms with Crippen LogP contribution in [0, 0.1) is 5.41 Å². The quantitative estimate of drug-likeness (QED) is 0.687. The van der Waals surface area contributed by atoms with E-state index in [4.69, 9.17) is 5.73 Å². The van der Waals surface area contributed by atoms with Crippen LogP contribution in [0.3, 0.4) is 0 Å². The number of aliphatic hydroxyl groups is 1. The molecule has 1 saturated heterocycles. The van der Waals surface area contributed by atoms with Crippen molar-refractivity contribution in [3.05, 3.63) is 0 Å². The van der Waals surface area contributed by atoms with Gasteiger partial charge in [-0.1, -0.05) is 13.8 Å². The molecule has 1 unspecified atom stereocenters. The normalized spacial score (nSPS) is 35.0. The molecular weight excluding hydrogens is 170 g/mol. The van der Waals surface area contributed by atoms with Crippen LogP contribution in [0.5, 0.6) is 0 Å². The Hall–Kier alpha value is 0.270. The van der Waals surface area contributed by atoms with Crippen LogP contribution >= 0.6 is 11.8 Å². The van der Waals surface area contributed by atoms with Crippen LogP contribution in [0.4, 0.5) is 0 Å². The van der Waals surface area contributed by atoms with E-state index in [9.17, 15) is 5.11 Å². The highest BCUT2D eigenvalue weighted by Gasteiger charge is 2.44. The van der Waals surface area contributed by atoms with Crippen LogP contribution in [-0.2, 0) is 0 Å². The zero-order valence-electron chi connectivity index (χ0n) is 7.97. The number of hydrogen-bond acceptors (Lipinski definition) is 3. The third kappa shape index (κ3) is 1.78. The van der Waals surface area contributed by atoms with E-state index >= 15 is 0 Å². The second-order valence-corrected chi connectivity index (χ2v) is 5.36. The summed E-state index contributed by atoms with van der Waals surface area (Å²) in [5.41, 5.74) is 5.00. The number of hydrogen-bond donors (Lipinski definition) is 2. The Morgan fingerprint density at radius 3 is 2.67 bits per heavy atom. The number of rotatable bonds is 2. The van der Waals surface area contributed by atoms with Gasteiger partial charge in [0.05, 0.1) is 5.60 Å². The van der Waals surface area contributed by atoms with E-state index in [-0.39, 0.29) is 5.41 Å². The Morgan fingerprint density at radius 1 is 1.50 bits per heavy atom. The summed E-state index contributed by atoms with van der Waals surface area (Å²) in [6, 6.07) is 0. The van der Waals surface area contributed by atoms with E-state index in [1.165, 1.54) is 0 Å². The van der Waals surface area contributed by atoms with Gasteiger partial charge < -0.3 is 10.8 Å². The third-order valence-corrected chi connectivity index (χ3v) is 4.36. The summed E-state index contributed by atoms with van der Waals surface area (Å²) in [5, 5.41) is 10.3. The molecule has 72 valence electrons. The van der Waals surface area contributed by atoms with Crippen LogP contribution < -0.4 is 5.73 Å². The van der Waals surface area contributed by atoms with Crippen LogP contribution in [0.2, 0.25) is 0 Å². The van der Waals surface area contributed by atoms with Crippen molar-refractivity contribution in [2.75, 3.05) is 18.1 Å². The van der Waals surface area contributed by atoms with Gasteiger partial charge in [0.1, 0.15) is 0 Å². The molecule has 1 fully saturated rings. The van der Waals surface area contributed by atoms with Crippen molar-refractivity contribution < 1.29 is 5.11 Å². The highest BCUT2D eigenvalue weighted by Crippen LogP contribution is 2.43. The fourth-order valence-corrected chi connectivity index (χ4v) is 3.15. The maximum absolute atomic E-state index is 10.3. The van der Waals surface area contributed by atoms with Crippen molar-refractivity contribution in [2.24, 2.45) is 11.1 Å². The maximum atomic E-state index is 10.3. The van der Waals surface area contributed by atoms with Crippen molar-refractivity contribution in [1.82, 2.24) is 0 Å². The SMILES string of the molecule is CC1(C)CSCCC1(O)CCN. The van der Waals surface area contributed by atoms with E-state index in [0.29, 0.717) is 6.54 Å². The second-order valence-electron chi connectivity index (χ2n) is 4.26. The van der Waals surface area contributed by atoms with Gasteiger partial charge in [-0.25, -0.2) is 0 Å². The van der Waals surface area contributed by atoms with E-state index in [0.717, 1.165) is 24.3 Å². The molecule has 0 aromatic rings. The molecule has 0 radical (unpaired) electrons. The first-order chi connectivity index (χ1) is 5.52. The number of thioether (sulfide) groups is 1. The fraction of sp³-hybridized carbons (Fsp3) is 1.00. The molecule has 0 aromatic carbocycles. The molecular formula is C9H19NOS. The Morgan fingerprint density at radius 2 is 2.17 bits per heavy atom. The Balaban J connectivity index is 2.69. The largest absolute Gasteiger partial charge is 0.389 e. The van der Waals surface area contributed by atoms with Crippen LogP contribution in [0.1, 0.15) is 26.7 Å². The topological polar surface area (TPSA) is 46.2 Å². The maximum Gasteiger partial charge on any atom is 0.0726 e. The lowest BCUT2D eigenvalue weighted by molar-refractivity contribution is -0.0653. The first-order valence-corrected chi connectivity index (χ1v) is 5.67. The lowest BCUT2D eigenvalue weighted by atomic mass is 9.72. The highest BCUT2D eigenvalue weighted by molar-refractivity contribution is 7.99. The van der Waals surface area contributed by atoms with Gasteiger partial charge in [-0.2, -0.15) is 11.8 Å². The summed E-state index contributed by atoms with van der Waals surface area (Å²) in [6.45, 7) is 4.86. The molecule has 12 heavy (non-hydrogen) atoms. The summed E-state index contributed by atoms with van der Waals surface area (Å²) in [4.78, 5) is 0. The first kappa shape index (κ1) is 10.4. The van der Waals surface area contributed by atoms with Gasteiger partial charge in [-0.3, -0.25) is 0 Å². The Bertz CT molecular complexity index is 157. The van der Waals surface area contributed by atoms with E-state index in [1.807, 2.05) is 11.8 Å². The van der Waals surface area contributed by atoms with Gasteiger partial charge >= 0.3 is 0 Å². The average Bonchev–Trinajstić information content (AvgIpc) is 1.96. The molecule has 0 aromatic heterocycles. The Labute approximate surface area is 78.9 Å². The summed E-state index contributed by atoms with van der Waals surface area (Å²) >= 11 is 1.93. The molecule has 1 rings (SSSR count). The van der Waals surface area contributed by atoms with Gasteiger partial charge in [0.2, 0.25) is 0 Å². The molecule has 3 N–H and O–H groups in total. The van der Waals surface area contributed by atoms with Crippen molar-refractivity contribution in [3.63, 3.8) is 0 Å². The van der Waals surface area contributed by atoms with Crippen molar-refractivity contribution in [3.8, 4) is 0 Å². The first-order valence-electron chi connectivity index (χ1n) is 4.52. The van der Waals surface area contributed by atoms with Crippen LogP contribution in [0.25, 0.3) is 0 Å². The molecule has 0 aliphatic carbocycles. The zero-order valence-corrected chi connectivity index (χ0v) is 8.78. The van der Waals surface area contributed by atoms with Gasteiger partial charge in [0.25, 0.3) is 0 Å². The molecule has 0 amide bonds. The number of nitrogens with two attached hydrogens (primary N) is 1. The lowest BCUT2D eigenvalue weighted by Crippen LogP contribution is -2.50. The second kappa shape index (κ2) is 3.56. The van der Waals surface area contributed by atoms with Crippen molar-refractivity contribution in [2.45, 2.75) is 32.3 Å². The third-order valence-electron chi connectivity index (χ3n) is 2.94. The van der Waals surface area contributed by atoms with Crippen molar-refractivity contribution >= 4 is 11.8 Å². The molecule has 3 heteroatoms. The molecule has 1 atom stereocenters. The van der Waals surface area contributed by atoms with E-state index < -0.39 is 5.60 Å². The van der Waals surface area contributed by atoms with Gasteiger partial charge in [0.15, 0.2) is 0 Å². The summed E-state index contributed by atoms with van der Waals surface area (Å²) in [6.07, 6.45) is 1.63. The van der Waals surface area contributed by atoms with Crippen molar-refractivity contribution in [1.29, 1.82) is 0 Å². The van der Waals surface area contributed by atoms with Gasteiger partial charge in [-0.15, -0.1) is 0 Å². The molecule has 1 aliphatic heterocycles. The monoisotopic (exact) mass is 189 g/mol. The van der Waals surface area contributed by atoms with E-state index in [1.54, 1.807) is 0 Å². The summed E-state index contributed by atoms with van der Waals surface area (Å²) < 4.78 is 0. The standard InChI is InChI=1S/C9H19NOS/c1-8(2)7-12-6-4-9(8,11)3-5-10/h11H,3-7,10H2,1-2H3. The lowest BCUT2D eigenvalue weighted by Gasteiger charge is -2.46. The molecule has 0 bridgehead atoms. The fourth-order valence-electron chi connectivity index (χ4n) is 1.74. The van der Waals surface area contributed by atoms with Crippen LogP contribution in [-0.4, -0.2) is 28.8 Å². The van der Waals surface area contributed by atoms with Gasteiger partial charge in [-0.05, 0) is 25.1 Å². The zero-order chi connectivity index (χ0) is 9.24.